The van der Waals surface area contributed by atoms with Crippen molar-refractivity contribution in [3.05, 3.63) is 52.7 Å². The van der Waals surface area contributed by atoms with Crippen LogP contribution in [-0.4, -0.2) is 33.1 Å². The molecule has 0 bridgehead atoms. The first-order valence-electron chi connectivity index (χ1n) is 8.84. The number of carbonyl (C=O) groups is 1. The summed E-state index contributed by atoms with van der Waals surface area (Å²) in [5.41, 5.74) is 2.55. The normalized spacial score (nSPS) is 14.4. The largest absolute Gasteiger partial charge is 0.340 e. The third-order valence-electron chi connectivity index (χ3n) is 4.74. The second-order valence-corrected chi connectivity index (χ2v) is 9.07. The second kappa shape index (κ2) is 7.37. The maximum atomic E-state index is 12.8. The standard InChI is InChI=1S/C20H21N3OS2/c1-13(20(24)23(2)11-14-7-4-3-5-8-14)25-18-17-15-9-6-10-16(15)26-19(17)22-12-21-18/h3-5,7-8,12-13H,6,9-11H2,1-2H3/t13-/m0/s1. The number of benzene rings is 1. The molecule has 4 nitrogen and oxygen atoms in total. The minimum absolute atomic E-state index is 0.123. The van der Waals surface area contributed by atoms with E-state index >= 15 is 0 Å². The minimum atomic E-state index is -0.182. The lowest BCUT2D eigenvalue weighted by molar-refractivity contribution is -0.129. The molecule has 3 aromatic rings. The van der Waals surface area contributed by atoms with Crippen LogP contribution in [0.25, 0.3) is 10.2 Å². The lowest BCUT2D eigenvalue weighted by Gasteiger charge is -2.21. The number of rotatable bonds is 5. The highest BCUT2D eigenvalue weighted by atomic mass is 32.2. The van der Waals surface area contributed by atoms with Crippen molar-refractivity contribution < 1.29 is 4.79 Å². The van der Waals surface area contributed by atoms with Crippen molar-refractivity contribution in [3.8, 4) is 0 Å². The Balaban J connectivity index is 1.52. The van der Waals surface area contributed by atoms with E-state index in [-0.39, 0.29) is 11.2 Å². The van der Waals surface area contributed by atoms with E-state index in [0.717, 1.165) is 28.3 Å². The average molecular weight is 384 g/mol. The molecule has 0 radical (unpaired) electrons. The number of aryl methyl sites for hydroxylation is 2. The Morgan fingerprint density at radius 2 is 2.08 bits per heavy atom. The molecular weight excluding hydrogens is 362 g/mol. The third-order valence-corrected chi connectivity index (χ3v) is 7.03. The van der Waals surface area contributed by atoms with Gasteiger partial charge < -0.3 is 4.90 Å². The minimum Gasteiger partial charge on any atom is -0.340 e. The smallest absolute Gasteiger partial charge is 0.235 e. The number of aromatic nitrogens is 2. The monoisotopic (exact) mass is 383 g/mol. The van der Waals surface area contributed by atoms with Crippen LogP contribution in [0, 0.1) is 0 Å². The van der Waals surface area contributed by atoms with Gasteiger partial charge in [-0.1, -0.05) is 42.1 Å². The molecule has 1 aliphatic rings. The van der Waals surface area contributed by atoms with E-state index < -0.39 is 0 Å². The van der Waals surface area contributed by atoms with Crippen LogP contribution in [0.4, 0.5) is 0 Å². The number of carbonyl (C=O) groups excluding carboxylic acids is 1. The summed E-state index contributed by atoms with van der Waals surface area (Å²) in [4.78, 5) is 26.1. The van der Waals surface area contributed by atoms with Crippen molar-refractivity contribution in [1.29, 1.82) is 0 Å². The van der Waals surface area contributed by atoms with Crippen LogP contribution in [0.1, 0.15) is 29.3 Å². The van der Waals surface area contributed by atoms with E-state index in [1.807, 2.05) is 44.3 Å². The van der Waals surface area contributed by atoms with Gasteiger partial charge in [-0.05, 0) is 37.3 Å². The SMILES string of the molecule is C[C@H](Sc1ncnc2sc3c(c12)CCC3)C(=O)N(C)Cc1ccccc1. The van der Waals surface area contributed by atoms with Crippen molar-refractivity contribution in [3.63, 3.8) is 0 Å². The number of hydrogen-bond donors (Lipinski definition) is 0. The fraction of sp³-hybridized carbons (Fsp3) is 0.350. The molecule has 2 heterocycles. The van der Waals surface area contributed by atoms with E-state index in [9.17, 15) is 4.79 Å². The maximum Gasteiger partial charge on any atom is 0.235 e. The molecule has 1 amide bonds. The molecule has 1 atom stereocenters. The molecule has 4 rings (SSSR count). The maximum absolute atomic E-state index is 12.8. The summed E-state index contributed by atoms with van der Waals surface area (Å²) < 4.78 is 0. The number of thioether (sulfide) groups is 1. The molecule has 0 aliphatic heterocycles. The van der Waals surface area contributed by atoms with Crippen molar-refractivity contribution in [2.45, 2.75) is 43.0 Å². The Morgan fingerprint density at radius 3 is 2.88 bits per heavy atom. The fourth-order valence-electron chi connectivity index (χ4n) is 3.45. The predicted octanol–water partition coefficient (Wildman–Crippen LogP) is 4.32. The first-order chi connectivity index (χ1) is 12.6. The van der Waals surface area contributed by atoms with Gasteiger partial charge in [0.25, 0.3) is 0 Å². The van der Waals surface area contributed by atoms with E-state index in [4.69, 9.17) is 0 Å². The number of fused-ring (bicyclic) bond motifs is 3. The van der Waals surface area contributed by atoms with E-state index in [0.29, 0.717) is 6.54 Å². The Hall–Kier alpha value is -1.92. The lowest BCUT2D eigenvalue weighted by atomic mass is 10.2. The summed E-state index contributed by atoms with van der Waals surface area (Å²) in [6.07, 6.45) is 5.09. The zero-order valence-electron chi connectivity index (χ0n) is 14.9. The third kappa shape index (κ3) is 3.35. The first kappa shape index (κ1) is 17.5. The molecule has 1 aliphatic carbocycles. The quantitative estimate of drug-likeness (QED) is 0.486. The van der Waals surface area contributed by atoms with Gasteiger partial charge in [0.05, 0.1) is 5.25 Å². The highest BCUT2D eigenvalue weighted by Gasteiger charge is 2.25. The van der Waals surface area contributed by atoms with Gasteiger partial charge in [-0.3, -0.25) is 4.79 Å². The topological polar surface area (TPSA) is 46.1 Å². The number of nitrogens with zero attached hydrogens (tertiary/aromatic N) is 3. The molecule has 0 spiro atoms. The van der Waals surface area contributed by atoms with Gasteiger partial charge in [0.15, 0.2) is 0 Å². The van der Waals surface area contributed by atoms with Crippen LogP contribution in [0.15, 0.2) is 41.7 Å². The number of hydrogen-bond acceptors (Lipinski definition) is 5. The lowest BCUT2D eigenvalue weighted by Crippen LogP contribution is -2.32. The van der Waals surface area contributed by atoms with Gasteiger partial charge >= 0.3 is 0 Å². The Labute approximate surface area is 161 Å². The van der Waals surface area contributed by atoms with Gasteiger partial charge in [0.1, 0.15) is 16.2 Å². The molecule has 0 unspecified atom stereocenters. The zero-order valence-corrected chi connectivity index (χ0v) is 16.6. The first-order valence-corrected chi connectivity index (χ1v) is 10.5. The molecule has 0 N–H and O–H groups in total. The molecular formula is C20H21N3OS2. The van der Waals surface area contributed by atoms with Crippen molar-refractivity contribution in [1.82, 2.24) is 14.9 Å². The summed E-state index contributed by atoms with van der Waals surface area (Å²) in [6.45, 7) is 2.59. The van der Waals surface area contributed by atoms with Gasteiger partial charge in [0, 0.05) is 23.9 Å². The molecule has 1 aromatic carbocycles. The molecule has 6 heteroatoms. The Morgan fingerprint density at radius 1 is 1.27 bits per heavy atom. The number of thiophene rings is 1. The van der Waals surface area contributed by atoms with Crippen LogP contribution >= 0.6 is 23.1 Å². The summed E-state index contributed by atoms with van der Waals surface area (Å²) >= 11 is 3.34. The molecule has 26 heavy (non-hydrogen) atoms. The molecule has 0 fully saturated rings. The number of amides is 1. The van der Waals surface area contributed by atoms with Crippen LogP contribution < -0.4 is 0 Å². The molecule has 0 saturated carbocycles. The van der Waals surface area contributed by atoms with Crippen LogP contribution in [0.5, 0.6) is 0 Å². The van der Waals surface area contributed by atoms with E-state index in [1.165, 1.54) is 22.2 Å². The van der Waals surface area contributed by atoms with Crippen molar-refractivity contribution in [2.24, 2.45) is 0 Å². The van der Waals surface area contributed by atoms with Crippen molar-refractivity contribution in [2.75, 3.05) is 7.05 Å². The Bertz CT molecular complexity index is 939. The summed E-state index contributed by atoms with van der Waals surface area (Å²) in [5, 5.41) is 1.95. The zero-order chi connectivity index (χ0) is 18.1. The van der Waals surface area contributed by atoms with Crippen LogP contribution in [0.3, 0.4) is 0 Å². The summed E-state index contributed by atoms with van der Waals surface area (Å²) in [7, 11) is 1.87. The molecule has 134 valence electrons. The van der Waals surface area contributed by atoms with Gasteiger partial charge in [-0.15, -0.1) is 11.3 Å². The van der Waals surface area contributed by atoms with Crippen molar-refractivity contribution >= 4 is 39.2 Å². The molecule has 2 aromatic heterocycles. The van der Waals surface area contributed by atoms with Gasteiger partial charge in [0.2, 0.25) is 5.91 Å². The van der Waals surface area contributed by atoms with E-state index in [1.54, 1.807) is 34.3 Å². The Kier molecular flexibility index (Phi) is 4.96. The summed E-state index contributed by atoms with van der Waals surface area (Å²) in [5.74, 6) is 0.123. The van der Waals surface area contributed by atoms with Crippen LogP contribution in [-0.2, 0) is 24.2 Å². The highest BCUT2D eigenvalue weighted by Crippen LogP contribution is 2.40. The average Bonchev–Trinajstić information content (AvgIpc) is 3.23. The second-order valence-electron chi connectivity index (χ2n) is 6.66. The molecule has 0 saturated heterocycles. The van der Waals surface area contributed by atoms with E-state index in [2.05, 4.69) is 9.97 Å². The predicted molar refractivity (Wildman–Crippen MR) is 108 cm³/mol. The fourth-order valence-corrected chi connectivity index (χ4v) is 5.81. The van der Waals surface area contributed by atoms with Crippen LogP contribution in [0.2, 0.25) is 0 Å². The van der Waals surface area contributed by atoms with Gasteiger partial charge in [-0.25, -0.2) is 9.97 Å². The van der Waals surface area contributed by atoms with Gasteiger partial charge in [-0.2, -0.15) is 0 Å². The highest BCUT2D eigenvalue weighted by molar-refractivity contribution is 8.00. The summed E-state index contributed by atoms with van der Waals surface area (Å²) in [6, 6.07) is 10.1.